The lowest BCUT2D eigenvalue weighted by Gasteiger charge is -2.22. The number of rotatable bonds is 4. The quantitative estimate of drug-likeness (QED) is 0.889. The van der Waals surface area contributed by atoms with Gasteiger partial charge in [-0.1, -0.05) is 18.0 Å². The van der Waals surface area contributed by atoms with Gasteiger partial charge in [0.15, 0.2) is 0 Å². The van der Waals surface area contributed by atoms with Crippen LogP contribution < -0.4 is 4.72 Å². The van der Waals surface area contributed by atoms with Crippen LogP contribution in [0, 0.1) is 11.8 Å². The lowest BCUT2D eigenvalue weighted by atomic mass is 9.96. The van der Waals surface area contributed by atoms with Crippen molar-refractivity contribution >= 4 is 27.6 Å². The van der Waals surface area contributed by atoms with Crippen molar-refractivity contribution in [3.63, 3.8) is 0 Å². The Morgan fingerprint density at radius 2 is 2.05 bits per heavy atom. The van der Waals surface area contributed by atoms with Gasteiger partial charge < -0.3 is 5.11 Å². The van der Waals surface area contributed by atoms with Crippen LogP contribution in [0.15, 0.2) is 23.1 Å². The van der Waals surface area contributed by atoms with Gasteiger partial charge in [-0.25, -0.2) is 17.9 Å². The highest BCUT2D eigenvalue weighted by Crippen LogP contribution is 2.44. The van der Waals surface area contributed by atoms with E-state index in [1.807, 2.05) is 0 Å². The molecular formula is C14H16ClNO4S. The maximum absolute atomic E-state index is 12.4. The highest BCUT2D eigenvalue weighted by Gasteiger charge is 2.41. The number of benzene rings is 1. The second-order valence-corrected chi connectivity index (χ2v) is 7.97. The van der Waals surface area contributed by atoms with Crippen molar-refractivity contribution in [3.8, 4) is 0 Å². The maximum atomic E-state index is 12.4. The van der Waals surface area contributed by atoms with Crippen molar-refractivity contribution in [2.75, 3.05) is 0 Å². The summed E-state index contributed by atoms with van der Waals surface area (Å²) < 4.78 is 27.5. The van der Waals surface area contributed by atoms with E-state index in [0.717, 1.165) is 25.3 Å². The summed E-state index contributed by atoms with van der Waals surface area (Å²) in [6.45, 7) is 0. The fraction of sp³-hybridized carbons (Fsp3) is 0.500. The van der Waals surface area contributed by atoms with E-state index in [-0.39, 0.29) is 21.5 Å². The SMILES string of the molecule is O=C(O)c1cc(S(=O)(=O)NC2CC3CCC2C3)ccc1Cl. The standard InChI is InChI=1S/C14H16ClNO4S/c15-12-4-3-10(7-11(12)14(17)18)21(19,20)16-13-6-8-1-2-9(13)5-8/h3-4,7-9,13,16H,1-2,5-6H2,(H,17,18). The van der Waals surface area contributed by atoms with Crippen LogP contribution in [0.3, 0.4) is 0 Å². The third kappa shape index (κ3) is 2.80. The number of nitrogens with one attached hydrogen (secondary N) is 1. The lowest BCUT2D eigenvalue weighted by Crippen LogP contribution is -2.38. The average molecular weight is 330 g/mol. The van der Waals surface area contributed by atoms with Gasteiger partial charge in [0.25, 0.3) is 0 Å². The van der Waals surface area contributed by atoms with E-state index in [1.54, 1.807) is 0 Å². The molecule has 2 bridgehead atoms. The van der Waals surface area contributed by atoms with E-state index in [2.05, 4.69) is 4.72 Å². The molecule has 0 amide bonds. The number of carboxylic acid groups (broad SMARTS) is 1. The molecule has 0 radical (unpaired) electrons. The molecule has 0 heterocycles. The molecule has 2 N–H and O–H groups in total. The summed E-state index contributed by atoms with van der Waals surface area (Å²) in [6.07, 6.45) is 4.23. The van der Waals surface area contributed by atoms with Gasteiger partial charge in [0.05, 0.1) is 15.5 Å². The van der Waals surface area contributed by atoms with Crippen molar-refractivity contribution in [3.05, 3.63) is 28.8 Å². The first-order valence-corrected chi connectivity index (χ1v) is 8.78. The van der Waals surface area contributed by atoms with Gasteiger partial charge >= 0.3 is 5.97 Å². The summed E-state index contributed by atoms with van der Waals surface area (Å²) in [7, 11) is -3.71. The van der Waals surface area contributed by atoms with Crippen molar-refractivity contribution in [2.24, 2.45) is 11.8 Å². The summed E-state index contributed by atoms with van der Waals surface area (Å²) in [4.78, 5) is 11.0. The number of carboxylic acids is 1. The van der Waals surface area contributed by atoms with Crippen LogP contribution in [0.25, 0.3) is 0 Å². The van der Waals surface area contributed by atoms with E-state index in [0.29, 0.717) is 11.8 Å². The first kappa shape index (κ1) is 14.8. The fourth-order valence-corrected chi connectivity index (χ4v) is 5.03. The lowest BCUT2D eigenvalue weighted by molar-refractivity contribution is 0.0697. The van der Waals surface area contributed by atoms with Gasteiger partial charge in [0, 0.05) is 6.04 Å². The van der Waals surface area contributed by atoms with Crippen molar-refractivity contribution in [1.82, 2.24) is 4.72 Å². The van der Waals surface area contributed by atoms with Crippen LogP contribution in [0.2, 0.25) is 5.02 Å². The smallest absolute Gasteiger partial charge is 0.337 e. The summed E-state index contributed by atoms with van der Waals surface area (Å²) in [5.74, 6) is -0.199. The predicted molar refractivity (Wildman–Crippen MR) is 78.0 cm³/mol. The summed E-state index contributed by atoms with van der Waals surface area (Å²) in [5, 5.41) is 9.06. The Hall–Kier alpha value is -1.11. The summed E-state index contributed by atoms with van der Waals surface area (Å²) in [5.41, 5.74) is -0.201. The van der Waals surface area contributed by atoms with Crippen LogP contribution in [-0.2, 0) is 10.0 Å². The minimum Gasteiger partial charge on any atom is -0.478 e. The summed E-state index contributed by atoms with van der Waals surface area (Å²) >= 11 is 5.77. The van der Waals surface area contributed by atoms with Gasteiger partial charge in [-0.2, -0.15) is 0 Å². The van der Waals surface area contributed by atoms with E-state index in [9.17, 15) is 13.2 Å². The normalized spacial score (nSPS) is 28.0. The Labute approximate surface area is 128 Å². The molecule has 2 aliphatic rings. The first-order valence-electron chi connectivity index (χ1n) is 6.92. The van der Waals surface area contributed by atoms with Gasteiger partial charge in [-0.05, 0) is 49.3 Å². The van der Waals surface area contributed by atoms with Crippen LogP contribution in [-0.4, -0.2) is 25.5 Å². The van der Waals surface area contributed by atoms with E-state index in [1.165, 1.54) is 18.6 Å². The highest BCUT2D eigenvalue weighted by molar-refractivity contribution is 7.89. The number of aromatic carboxylic acids is 1. The molecule has 5 nitrogen and oxygen atoms in total. The van der Waals surface area contributed by atoms with Gasteiger partial charge in [0.1, 0.15) is 0 Å². The minimum absolute atomic E-state index is 0.0290. The first-order chi connectivity index (χ1) is 9.87. The van der Waals surface area contributed by atoms with Crippen LogP contribution >= 0.6 is 11.6 Å². The molecule has 114 valence electrons. The van der Waals surface area contributed by atoms with Crippen molar-refractivity contribution < 1.29 is 18.3 Å². The average Bonchev–Trinajstić information content (AvgIpc) is 3.00. The maximum Gasteiger partial charge on any atom is 0.337 e. The van der Waals surface area contributed by atoms with E-state index >= 15 is 0 Å². The second-order valence-electron chi connectivity index (χ2n) is 5.85. The highest BCUT2D eigenvalue weighted by atomic mass is 35.5. The van der Waals surface area contributed by atoms with Crippen LogP contribution in [0.1, 0.15) is 36.0 Å². The number of halogens is 1. The number of sulfonamides is 1. The molecule has 3 unspecified atom stereocenters. The van der Waals surface area contributed by atoms with E-state index in [4.69, 9.17) is 16.7 Å². The molecule has 0 aliphatic heterocycles. The van der Waals surface area contributed by atoms with Gasteiger partial charge in [-0.15, -0.1) is 0 Å². The molecule has 0 saturated heterocycles. The van der Waals surface area contributed by atoms with Gasteiger partial charge in [-0.3, -0.25) is 0 Å². The van der Waals surface area contributed by atoms with E-state index < -0.39 is 16.0 Å². The van der Waals surface area contributed by atoms with Crippen molar-refractivity contribution in [2.45, 2.75) is 36.6 Å². The summed E-state index contributed by atoms with van der Waals surface area (Å²) in [6, 6.07) is 3.72. The fourth-order valence-electron chi connectivity index (χ4n) is 3.49. The second kappa shape index (κ2) is 5.26. The minimum atomic E-state index is -3.71. The molecule has 3 rings (SSSR count). The third-order valence-corrected chi connectivity index (χ3v) is 6.34. The molecule has 0 aromatic heterocycles. The molecule has 1 aromatic carbocycles. The molecule has 2 saturated carbocycles. The van der Waals surface area contributed by atoms with Crippen LogP contribution in [0.4, 0.5) is 0 Å². The molecule has 21 heavy (non-hydrogen) atoms. The Morgan fingerprint density at radius 1 is 1.29 bits per heavy atom. The van der Waals surface area contributed by atoms with Crippen molar-refractivity contribution in [1.29, 1.82) is 0 Å². The Balaban J connectivity index is 1.85. The molecule has 7 heteroatoms. The third-order valence-electron chi connectivity index (χ3n) is 4.52. The molecular weight excluding hydrogens is 314 g/mol. The van der Waals surface area contributed by atoms with Gasteiger partial charge in [0.2, 0.25) is 10.0 Å². The topological polar surface area (TPSA) is 83.5 Å². The Bertz CT molecular complexity index is 688. The zero-order chi connectivity index (χ0) is 15.2. The number of carbonyl (C=O) groups is 1. The molecule has 2 aliphatic carbocycles. The molecule has 1 aromatic rings. The molecule has 3 atom stereocenters. The largest absolute Gasteiger partial charge is 0.478 e. The Morgan fingerprint density at radius 3 is 2.62 bits per heavy atom. The number of fused-ring (bicyclic) bond motifs is 2. The number of hydrogen-bond acceptors (Lipinski definition) is 3. The Kier molecular flexibility index (Phi) is 3.71. The number of hydrogen-bond donors (Lipinski definition) is 2. The zero-order valence-electron chi connectivity index (χ0n) is 11.3. The van der Waals surface area contributed by atoms with Crippen LogP contribution in [0.5, 0.6) is 0 Å². The molecule has 0 spiro atoms. The monoisotopic (exact) mass is 329 g/mol. The molecule has 2 fully saturated rings. The predicted octanol–water partition coefficient (Wildman–Crippen LogP) is 2.51. The zero-order valence-corrected chi connectivity index (χ0v) is 12.8.